The van der Waals surface area contributed by atoms with Gasteiger partial charge in [-0.05, 0) is 44.0 Å². The molecule has 2 heterocycles. The molecule has 162 valence electrons. The molecule has 0 unspecified atom stereocenters. The fraction of sp³-hybridized carbons (Fsp3) is 0.391. The number of esters is 1. The van der Waals surface area contributed by atoms with Gasteiger partial charge < -0.3 is 14.2 Å². The summed E-state index contributed by atoms with van der Waals surface area (Å²) >= 11 is 0. The lowest BCUT2D eigenvalue weighted by atomic mass is 10.0. The minimum atomic E-state index is -0.691. The van der Waals surface area contributed by atoms with E-state index in [0.717, 1.165) is 54.9 Å². The number of rotatable bonds is 5. The van der Waals surface area contributed by atoms with E-state index in [4.69, 9.17) is 9.72 Å². The average molecular weight is 422 g/mol. The molecule has 31 heavy (non-hydrogen) atoms. The highest BCUT2D eigenvalue weighted by Crippen LogP contribution is 2.34. The Hall–Kier alpha value is -3.42. The van der Waals surface area contributed by atoms with Gasteiger partial charge >= 0.3 is 5.97 Å². The average Bonchev–Trinajstić information content (AvgIpc) is 3.16. The van der Waals surface area contributed by atoms with Crippen LogP contribution in [0.3, 0.4) is 0 Å². The van der Waals surface area contributed by atoms with Gasteiger partial charge in [-0.3, -0.25) is 10.1 Å². The number of piperidine rings is 1. The van der Waals surface area contributed by atoms with E-state index in [1.807, 2.05) is 18.2 Å². The van der Waals surface area contributed by atoms with Crippen LogP contribution in [0.5, 0.6) is 0 Å². The molecule has 0 N–H and O–H groups in total. The van der Waals surface area contributed by atoms with Crippen LogP contribution in [0.2, 0.25) is 0 Å². The Morgan fingerprint density at radius 2 is 1.97 bits per heavy atom. The molecule has 8 heteroatoms. The van der Waals surface area contributed by atoms with Gasteiger partial charge in [-0.2, -0.15) is 0 Å². The topological polar surface area (TPSA) is 90.5 Å². The van der Waals surface area contributed by atoms with E-state index in [1.165, 1.54) is 7.11 Å². The number of methoxy groups -OCH3 is 1. The van der Waals surface area contributed by atoms with Gasteiger partial charge in [0.2, 0.25) is 0 Å². The molecule has 1 fully saturated rings. The minimum Gasteiger partial charge on any atom is -0.465 e. The monoisotopic (exact) mass is 422 g/mol. The Bertz CT molecular complexity index is 1150. The molecule has 3 aromatic rings. The number of aryl methyl sites for hydroxylation is 2. The first-order valence-electron chi connectivity index (χ1n) is 10.5. The molecule has 0 saturated carbocycles. The Morgan fingerprint density at radius 1 is 1.26 bits per heavy atom. The van der Waals surface area contributed by atoms with Crippen molar-refractivity contribution >= 4 is 28.4 Å². The molecular formula is C23H26N4O4. The number of aromatic nitrogens is 2. The van der Waals surface area contributed by atoms with Crippen molar-refractivity contribution in [3.63, 3.8) is 0 Å². The molecule has 1 aromatic heterocycles. The van der Waals surface area contributed by atoms with Crippen molar-refractivity contribution in [2.75, 3.05) is 25.1 Å². The van der Waals surface area contributed by atoms with E-state index in [2.05, 4.69) is 22.5 Å². The zero-order valence-electron chi connectivity index (χ0n) is 18.0. The van der Waals surface area contributed by atoms with Gasteiger partial charge in [0.15, 0.2) is 0 Å². The third-order valence-corrected chi connectivity index (χ3v) is 6.05. The Balaban J connectivity index is 1.61. The maximum absolute atomic E-state index is 12.2. The Kier molecular flexibility index (Phi) is 5.63. The third kappa shape index (κ3) is 3.73. The van der Waals surface area contributed by atoms with E-state index in [9.17, 15) is 14.9 Å². The SMILES string of the molecule is CCc1nc2ccccc2n1C1CCN(c2cc(C)c([N+](=O)[O-])c(C(=O)OC)c2)CC1. The molecule has 0 spiro atoms. The fourth-order valence-corrected chi connectivity index (χ4v) is 4.58. The molecule has 0 amide bonds. The smallest absolute Gasteiger partial charge is 0.344 e. The summed E-state index contributed by atoms with van der Waals surface area (Å²) in [5, 5.41) is 11.5. The molecule has 1 saturated heterocycles. The maximum atomic E-state index is 12.2. The maximum Gasteiger partial charge on any atom is 0.344 e. The van der Waals surface area contributed by atoms with Crippen LogP contribution in [0.15, 0.2) is 36.4 Å². The fourth-order valence-electron chi connectivity index (χ4n) is 4.58. The van der Waals surface area contributed by atoms with E-state index in [0.29, 0.717) is 11.6 Å². The second-order valence-corrected chi connectivity index (χ2v) is 7.87. The lowest BCUT2D eigenvalue weighted by Crippen LogP contribution is -2.35. The first-order chi connectivity index (χ1) is 14.9. The summed E-state index contributed by atoms with van der Waals surface area (Å²) in [5.41, 5.74) is 3.26. The zero-order valence-corrected chi connectivity index (χ0v) is 18.0. The van der Waals surface area contributed by atoms with Crippen molar-refractivity contribution in [1.82, 2.24) is 9.55 Å². The molecule has 0 radical (unpaired) electrons. The number of nitro groups is 1. The molecular weight excluding hydrogens is 396 g/mol. The molecule has 0 aliphatic carbocycles. The second kappa shape index (κ2) is 8.37. The number of para-hydroxylation sites is 2. The molecule has 0 atom stereocenters. The second-order valence-electron chi connectivity index (χ2n) is 7.87. The van der Waals surface area contributed by atoms with Gasteiger partial charge in [0.05, 0.1) is 23.1 Å². The molecule has 1 aliphatic rings. The van der Waals surface area contributed by atoms with Crippen molar-refractivity contribution in [1.29, 1.82) is 0 Å². The predicted molar refractivity (Wildman–Crippen MR) is 119 cm³/mol. The van der Waals surface area contributed by atoms with Crippen molar-refractivity contribution < 1.29 is 14.5 Å². The number of imidazole rings is 1. The number of ether oxygens (including phenoxy) is 1. The summed E-state index contributed by atoms with van der Waals surface area (Å²) in [7, 11) is 1.24. The van der Waals surface area contributed by atoms with Crippen LogP contribution >= 0.6 is 0 Å². The number of nitro benzene ring substituents is 1. The molecule has 1 aliphatic heterocycles. The van der Waals surface area contributed by atoms with Crippen LogP contribution in [0.4, 0.5) is 11.4 Å². The standard InChI is InChI=1S/C23H26N4O4/c1-4-21-24-19-7-5-6-8-20(19)26(21)16-9-11-25(12-10-16)17-13-15(2)22(27(29)30)18(14-17)23(28)31-3/h5-8,13-14,16H,4,9-12H2,1-3H3. The summed E-state index contributed by atoms with van der Waals surface area (Å²) < 4.78 is 7.15. The molecule has 8 nitrogen and oxygen atoms in total. The van der Waals surface area contributed by atoms with Crippen LogP contribution < -0.4 is 4.90 Å². The van der Waals surface area contributed by atoms with Gasteiger partial charge in [-0.25, -0.2) is 9.78 Å². The third-order valence-electron chi connectivity index (χ3n) is 6.05. The highest BCUT2D eigenvalue weighted by atomic mass is 16.6. The Labute approximate surface area is 180 Å². The van der Waals surface area contributed by atoms with E-state index in [-0.39, 0.29) is 11.3 Å². The van der Waals surface area contributed by atoms with Crippen molar-refractivity contribution in [3.8, 4) is 0 Å². The van der Waals surface area contributed by atoms with Crippen LogP contribution in [0.1, 0.15) is 47.6 Å². The van der Waals surface area contributed by atoms with Gasteiger partial charge in [0.25, 0.3) is 5.69 Å². The number of fused-ring (bicyclic) bond motifs is 1. The molecule has 2 aromatic carbocycles. The lowest BCUT2D eigenvalue weighted by molar-refractivity contribution is -0.385. The largest absolute Gasteiger partial charge is 0.465 e. The van der Waals surface area contributed by atoms with Crippen molar-refractivity contribution in [2.24, 2.45) is 0 Å². The summed E-state index contributed by atoms with van der Waals surface area (Å²) in [6.07, 6.45) is 2.73. The first-order valence-corrected chi connectivity index (χ1v) is 10.5. The van der Waals surface area contributed by atoms with Crippen LogP contribution in [0, 0.1) is 17.0 Å². The highest BCUT2D eigenvalue weighted by molar-refractivity contribution is 5.96. The summed E-state index contributed by atoms with van der Waals surface area (Å²) in [6.45, 7) is 5.36. The lowest BCUT2D eigenvalue weighted by Gasteiger charge is -2.35. The van der Waals surface area contributed by atoms with Gasteiger partial charge in [0, 0.05) is 36.8 Å². The number of hydrogen-bond acceptors (Lipinski definition) is 6. The Morgan fingerprint density at radius 3 is 2.61 bits per heavy atom. The number of carbonyl (C=O) groups excluding carboxylic acids is 1. The summed E-state index contributed by atoms with van der Waals surface area (Å²) in [4.78, 5) is 30.1. The van der Waals surface area contributed by atoms with Gasteiger partial charge in [-0.15, -0.1) is 0 Å². The van der Waals surface area contributed by atoms with Gasteiger partial charge in [-0.1, -0.05) is 19.1 Å². The van der Waals surface area contributed by atoms with E-state index < -0.39 is 10.9 Å². The van der Waals surface area contributed by atoms with Gasteiger partial charge in [0.1, 0.15) is 11.4 Å². The quantitative estimate of drug-likeness (QED) is 0.343. The molecule has 0 bridgehead atoms. The molecule has 4 rings (SSSR count). The highest BCUT2D eigenvalue weighted by Gasteiger charge is 2.28. The summed E-state index contributed by atoms with van der Waals surface area (Å²) in [5.74, 6) is 0.405. The number of nitrogens with zero attached hydrogens (tertiary/aromatic N) is 4. The van der Waals surface area contributed by atoms with E-state index >= 15 is 0 Å². The number of anilines is 1. The van der Waals surface area contributed by atoms with Crippen molar-refractivity contribution in [3.05, 3.63) is 63.5 Å². The number of carbonyl (C=O) groups is 1. The van der Waals surface area contributed by atoms with Crippen LogP contribution in [-0.4, -0.2) is 40.6 Å². The zero-order chi connectivity index (χ0) is 22.1. The summed E-state index contributed by atoms with van der Waals surface area (Å²) in [6, 6.07) is 11.9. The van der Waals surface area contributed by atoms with Crippen molar-refractivity contribution in [2.45, 2.75) is 39.2 Å². The predicted octanol–water partition coefficient (Wildman–Crippen LogP) is 4.44. The number of hydrogen-bond donors (Lipinski definition) is 0. The van der Waals surface area contributed by atoms with Crippen LogP contribution in [0.25, 0.3) is 11.0 Å². The van der Waals surface area contributed by atoms with Crippen LogP contribution in [-0.2, 0) is 11.2 Å². The number of benzene rings is 2. The minimum absolute atomic E-state index is 0.00139. The normalized spacial score (nSPS) is 14.7. The first kappa shape index (κ1) is 20.8. The van der Waals surface area contributed by atoms with E-state index in [1.54, 1.807) is 19.1 Å².